The minimum atomic E-state index is -3.64. The lowest BCUT2D eigenvalue weighted by molar-refractivity contribution is -0.139. The molecule has 1 saturated heterocycles. The van der Waals surface area contributed by atoms with Crippen LogP contribution in [0.2, 0.25) is 0 Å². The number of methoxy groups -OCH3 is 1. The monoisotopic (exact) mass is 465 g/mol. The average molecular weight is 466 g/mol. The third-order valence-corrected chi connectivity index (χ3v) is 8.37. The Kier molecular flexibility index (Phi) is 8.16. The highest BCUT2D eigenvalue weighted by molar-refractivity contribution is 7.89. The van der Waals surface area contributed by atoms with E-state index in [1.807, 2.05) is 13.8 Å². The number of ether oxygens (including phenoxy) is 1. The Morgan fingerprint density at radius 3 is 2.12 bits per heavy atom. The molecule has 1 aliphatic carbocycles. The van der Waals surface area contributed by atoms with E-state index in [0.717, 1.165) is 25.7 Å². The van der Waals surface area contributed by atoms with Gasteiger partial charge < -0.3 is 15.0 Å². The molecule has 9 heteroatoms. The van der Waals surface area contributed by atoms with Crippen LogP contribution in [0.25, 0.3) is 0 Å². The molecule has 8 nitrogen and oxygen atoms in total. The first-order valence-corrected chi connectivity index (χ1v) is 12.9. The van der Waals surface area contributed by atoms with E-state index >= 15 is 0 Å². The van der Waals surface area contributed by atoms with Crippen LogP contribution < -0.4 is 10.1 Å². The number of nitrogens with one attached hydrogen (secondary N) is 1. The molecule has 1 N–H and O–H groups in total. The molecule has 3 rings (SSSR count). The van der Waals surface area contributed by atoms with E-state index in [-0.39, 0.29) is 41.6 Å². The highest BCUT2D eigenvalue weighted by Gasteiger charge is 2.35. The van der Waals surface area contributed by atoms with Gasteiger partial charge in [-0.15, -0.1) is 0 Å². The molecule has 2 aliphatic rings. The standard InChI is InChI=1S/C23H35N3O5S/c1-17(2)21(24-22(27)18-7-5-4-6-8-18)23(28)25-13-15-26(16-14-25)32(29,30)20-11-9-19(31-3)10-12-20/h9-12,17-18,21H,4-8,13-16H2,1-3H3,(H,24,27)/t21-/m1/s1. The number of carbonyl (C=O) groups is 2. The second-order valence-electron chi connectivity index (χ2n) is 8.97. The van der Waals surface area contributed by atoms with Crippen molar-refractivity contribution in [1.82, 2.24) is 14.5 Å². The Labute approximate surface area is 191 Å². The fourth-order valence-electron chi connectivity index (χ4n) is 4.39. The number of hydrogen-bond donors (Lipinski definition) is 1. The van der Waals surface area contributed by atoms with Crippen LogP contribution >= 0.6 is 0 Å². The second kappa shape index (κ2) is 10.7. The van der Waals surface area contributed by atoms with Gasteiger partial charge in [0.15, 0.2) is 0 Å². The molecule has 1 heterocycles. The molecule has 2 fully saturated rings. The molecular weight excluding hydrogens is 430 g/mol. The van der Waals surface area contributed by atoms with Gasteiger partial charge >= 0.3 is 0 Å². The van der Waals surface area contributed by atoms with Crippen molar-refractivity contribution in [2.45, 2.75) is 56.9 Å². The van der Waals surface area contributed by atoms with Gasteiger partial charge in [0.1, 0.15) is 11.8 Å². The number of amides is 2. The van der Waals surface area contributed by atoms with Gasteiger partial charge in [-0.25, -0.2) is 8.42 Å². The molecule has 32 heavy (non-hydrogen) atoms. The third-order valence-electron chi connectivity index (χ3n) is 6.45. The number of hydrogen-bond acceptors (Lipinski definition) is 5. The predicted molar refractivity (Wildman–Crippen MR) is 122 cm³/mol. The summed E-state index contributed by atoms with van der Waals surface area (Å²) in [6, 6.07) is 5.71. The summed E-state index contributed by atoms with van der Waals surface area (Å²) in [4.78, 5) is 27.8. The predicted octanol–water partition coefficient (Wildman–Crippen LogP) is 2.25. The van der Waals surface area contributed by atoms with Crippen molar-refractivity contribution < 1.29 is 22.7 Å². The van der Waals surface area contributed by atoms with Crippen LogP contribution in [0.15, 0.2) is 29.2 Å². The quantitative estimate of drug-likeness (QED) is 0.666. The van der Waals surface area contributed by atoms with Crippen LogP contribution in [-0.4, -0.2) is 68.8 Å². The van der Waals surface area contributed by atoms with E-state index < -0.39 is 16.1 Å². The topological polar surface area (TPSA) is 96.0 Å². The van der Waals surface area contributed by atoms with Crippen molar-refractivity contribution in [1.29, 1.82) is 0 Å². The van der Waals surface area contributed by atoms with Crippen molar-refractivity contribution in [2.75, 3.05) is 33.3 Å². The molecule has 0 radical (unpaired) electrons. The van der Waals surface area contributed by atoms with E-state index in [2.05, 4.69) is 5.32 Å². The van der Waals surface area contributed by atoms with Crippen LogP contribution in [0.5, 0.6) is 5.75 Å². The fraction of sp³-hybridized carbons (Fsp3) is 0.652. The Hall–Kier alpha value is -2.13. The summed E-state index contributed by atoms with van der Waals surface area (Å²) in [5.74, 6) is 0.373. The Balaban J connectivity index is 1.60. The van der Waals surface area contributed by atoms with E-state index in [9.17, 15) is 18.0 Å². The van der Waals surface area contributed by atoms with Gasteiger partial charge in [0.05, 0.1) is 12.0 Å². The summed E-state index contributed by atoms with van der Waals surface area (Å²) >= 11 is 0. The molecule has 1 aliphatic heterocycles. The zero-order valence-electron chi connectivity index (χ0n) is 19.2. The summed E-state index contributed by atoms with van der Waals surface area (Å²) in [6.07, 6.45) is 5.05. The molecule has 0 aromatic heterocycles. The Bertz CT molecular complexity index is 887. The van der Waals surface area contributed by atoms with Crippen LogP contribution in [0.1, 0.15) is 46.0 Å². The molecule has 1 aromatic rings. The fourth-order valence-corrected chi connectivity index (χ4v) is 5.81. The maximum Gasteiger partial charge on any atom is 0.245 e. The minimum Gasteiger partial charge on any atom is -0.497 e. The third kappa shape index (κ3) is 5.61. The zero-order chi connectivity index (χ0) is 23.3. The van der Waals surface area contributed by atoms with E-state index in [1.54, 1.807) is 17.0 Å². The summed E-state index contributed by atoms with van der Waals surface area (Å²) in [6.45, 7) is 4.90. The molecule has 0 unspecified atom stereocenters. The summed E-state index contributed by atoms with van der Waals surface area (Å²) < 4.78 is 32.4. The van der Waals surface area contributed by atoms with Crippen molar-refractivity contribution in [2.24, 2.45) is 11.8 Å². The first-order valence-electron chi connectivity index (χ1n) is 11.5. The SMILES string of the molecule is COc1ccc(S(=O)(=O)N2CCN(C(=O)[C@H](NC(=O)C3CCCCC3)C(C)C)CC2)cc1. The summed E-state index contributed by atoms with van der Waals surface area (Å²) in [5, 5.41) is 2.99. The smallest absolute Gasteiger partial charge is 0.245 e. The van der Waals surface area contributed by atoms with Crippen LogP contribution in [0.4, 0.5) is 0 Å². The highest BCUT2D eigenvalue weighted by Crippen LogP contribution is 2.25. The van der Waals surface area contributed by atoms with E-state index in [4.69, 9.17) is 4.74 Å². The van der Waals surface area contributed by atoms with Crippen molar-refractivity contribution in [3.05, 3.63) is 24.3 Å². The molecule has 0 spiro atoms. The van der Waals surface area contributed by atoms with Gasteiger partial charge in [-0.3, -0.25) is 9.59 Å². The number of nitrogens with zero attached hydrogens (tertiary/aromatic N) is 2. The molecule has 178 valence electrons. The lowest BCUT2D eigenvalue weighted by Gasteiger charge is -2.37. The zero-order valence-corrected chi connectivity index (χ0v) is 20.1. The van der Waals surface area contributed by atoms with E-state index in [1.165, 1.54) is 30.0 Å². The van der Waals surface area contributed by atoms with Gasteiger partial charge in [-0.1, -0.05) is 33.1 Å². The largest absolute Gasteiger partial charge is 0.497 e. The van der Waals surface area contributed by atoms with Crippen LogP contribution in [-0.2, 0) is 19.6 Å². The van der Waals surface area contributed by atoms with Gasteiger partial charge in [0, 0.05) is 32.1 Å². The number of rotatable bonds is 7. The van der Waals surface area contributed by atoms with Gasteiger partial charge in [0.2, 0.25) is 21.8 Å². The lowest BCUT2D eigenvalue weighted by atomic mass is 9.88. The van der Waals surface area contributed by atoms with Crippen molar-refractivity contribution in [3.8, 4) is 5.75 Å². The molecule has 1 saturated carbocycles. The number of piperazine rings is 1. The van der Waals surface area contributed by atoms with Crippen molar-refractivity contribution >= 4 is 21.8 Å². The summed E-state index contributed by atoms with van der Waals surface area (Å²) in [5.41, 5.74) is 0. The van der Waals surface area contributed by atoms with Gasteiger partial charge in [0.25, 0.3) is 0 Å². The highest BCUT2D eigenvalue weighted by atomic mass is 32.2. The molecule has 1 atom stereocenters. The summed E-state index contributed by atoms with van der Waals surface area (Å²) in [7, 11) is -2.11. The number of sulfonamides is 1. The lowest BCUT2D eigenvalue weighted by Crippen LogP contribution is -2.57. The maximum atomic E-state index is 13.2. The average Bonchev–Trinajstić information content (AvgIpc) is 2.82. The van der Waals surface area contributed by atoms with Crippen LogP contribution in [0, 0.1) is 11.8 Å². The number of carbonyl (C=O) groups excluding carboxylic acids is 2. The van der Waals surface area contributed by atoms with Crippen LogP contribution in [0.3, 0.4) is 0 Å². The first-order chi connectivity index (χ1) is 15.2. The molecular formula is C23H35N3O5S. The maximum absolute atomic E-state index is 13.2. The Morgan fingerprint density at radius 2 is 1.59 bits per heavy atom. The van der Waals surface area contributed by atoms with Gasteiger partial charge in [-0.2, -0.15) is 4.31 Å². The van der Waals surface area contributed by atoms with Crippen molar-refractivity contribution in [3.63, 3.8) is 0 Å². The molecule has 1 aromatic carbocycles. The first kappa shape index (κ1) is 24.5. The van der Waals surface area contributed by atoms with E-state index in [0.29, 0.717) is 18.8 Å². The number of benzene rings is 1. The molecule has 2 amide bonds. The second-order valence-corrected chi connectivity index (χ2v) is 10.9. The molecule has 0 bridgehead atoms. The van der Waals surface area contributed by atoms with Gasteiger partial charge in [-0.05, 0) is 43.0 Å². The normalized spacial score (nSPS) is 19.6. The minimum absolute atomic E-state index is 0.00992. The Morgan fingerprint density at radius 1 is 1.00 bits per heavy atom.